The zero-order valence-electron chi connectivity index (χ0n) is 23.1. The molecule has 0 aromatic heterocycles. The van der Waals surface area contributed by atoms with Crippen LogP contribution in [0, 0.1) is 0 Å². The summed E-state index contributed by atoms with van der Waals surface area (Å²) >= 11 is 0. The normalized spacial score (nSPS) is 11.4. The maximum Gasteiger partial charge on any atom is 0.343 e. The van der Waals surface area contributed by atoms with Gasteiger partial charge in [-0.3, -0.25) is 0 Å². The Hall–Kier alpha value is -3.94. The van der Waals surface area contributed by atoms with Crippen molar-refractivity contribution in [1.82, 2.24) is 0 Å². The Morgan fingerprint density at radius 3 is 1.80 bits per heavy atom. The van der Waals surface area contributed by atoms with Gasteiger partial charge < -0.3 is 24.1 Å². The van der Waals surface area contributed by atoms with Crippen molar-refractivity contribution in [3.63, 3.8) is 0 Å². The Morgan fingerprint density at radius 2 is 1.25 bits per heavy atom. The van der Waals surface area contributed by atoms with Crippen molar-refractivity contribution in [2.45, 2.75) is 58.2 Å². The van der Waals surface area contributed by atoms with E-state index < -0.39 is 18.2 Å². The predicted octanol–water partition coefficient (Wildman–Crippen LogP) is 6.93. The lowest BCUT2D eigenvalue weighted by Crippen LogP contribution is -2.10. The van der Waals surface area contributed by atoms with Gasteiger partial charge in [0, 0.05) is 0 Å². The van der Waals surface area contributed by atoms with Gasteiger partial charge in [-0.05, 0) is 98.0 Å². The van der Waals surface area contributed by atoms with Crippen LogP contribution in [-0.2, 0) is 11.2 Å². The molecule has 0 spiro atoms. The summed E-state index contributed by atoms with van der Waals surface area (Å²) in [5, 5.41) is 9.25. The molecule has 0 aliphatic heterocycles. The number of carbonyl (C=O) groups is 2. The lowest BCUT2D eigenvalue weighted by atomic mass is 10.0. The van der Waals surface area contributed by atoms with Crippen LogP contribution in [0.3, 0.4) is 0 Å². The summed E-state index contributed by atoms with van der Waals surface area (Å²) in [5.74, 6) is 0.379. The first-order chi connectivity index (χ1) is 19.5. The fourth-order valence-corrected chi connectivity index (χ4v) is 3.82. The molecule has 0 fully saturated rings. The fourth-order valence-electron chi connectivity index (χ4n) is 3.82. The molecule has 0 saturated carbocycles. The zero-order valence-corrected chi connectivity index (χ0v) is 23.1. The first-order valence-electron chi connectivity index (χ1n) is 13.8. The number of hydrogen-bond acceptors (Lipinski definition) is 7. The number of aryl methyl sites for hydroxylation is 1. The van der Waals surface area contributed by atoms with Crippen molar-refractivity contribution < 1.29 is 33.6 Å². The highest BCUT2D eigenvalue weighted by atomic mass is 16.6. The van der Waals surface area contributed by atoms with Gasteiger partial charge >= 0.3 is 11.9 Å². The Kier molecular flexibility index (Phi) is 12.9. The molecule has 3 rings (SSSR count). The predicted molar refractivity (Wildman–Crippen MR) is 154 cm³/mol. The average Bonchev–Trinajstić information content (AvgIpc) is 2.98. The quantitative estimate of drug-likeness (QED) is 0.0645. The third kappa shape index (κ3) is 10.7. The Balaban J connectivity index is 1.41. The van der Waals surface area contributed by atoms with Crippen LogP contribution >= 0.6 is 0 Å². The van der Waals surface area contributed by atoms with E-state index in [9.17, 15) is 14.7 Å². The lowest BCUT2D eigenvalue weighted by Gasteiger charge is -2.09. The number of aliphatic hydroxyl groups is 1. The fraction of sp³-hybridized carbons (Fsp3) is 0.333. The van der Waals surface area contributed by atoms with E-state index in [0.29, 0.717) is 41.6 Å². The molecule has 3 aromatic rings. The van der Waals surface area contributed by atoms with Crippen molar-refractivity contribution in [1.29, 1.82) is 0 Å². The standard InChI is InChI=1S/C33H38O7/c1-3-5-6-7-10-25-11-13-26(14-12-25)32(35)39-29-19-21-30(22-20-29)40-33(36)27-15-17-28(18-16-27)37-23-8-9-24-38-31(34)4-2/h4,11-22,31,34H,2-3,5-10,23-24H2,1H3. The SMILES string of the molecule is C=CC(O)OCCCCOc1ccc(C(=O)Oc2ccc(OC(=O)c3ccc(CCCCCC)cc3)cc2)cc1. The van der Waals surface area contributed by atoms with E-state index in [1.165, 1.54) is 30.9 Å². The van der Waals surface area contributed by atoms with E-state index in [-0.39, 0.29) is 0 Å². The summed E-state index contributed by atoms with van der Waals surface area (Å²) < 4.78 is 21.7. The largest absolute Gasteiger partial charge is 0.494 e. The van der Waals surface area contributed by atoms with Crippen LogP contribution in [0.25, 0.3) is 0 Å². The summed E-state index contributed by atoms with van der Waals surface area (Å²) in [5.41, 5.74) is 2.07. The molecule has 3 aromatic carbocycles. The number of ether oxygens (including phenoxy) is 4. The average molecular weight is 547 g/mol. The number of rotatable bonds is 17. The highest BCUT2D eigenvalue weighted by Crippen LogP contribution is 2.21. The van der Waals surface area contributed by atoms with E-state index in [1.54, 1.807) is 60.7 Å². The topological polar surface area (TPSA) is 91.3 Å². The zero-order chi connectivity index (χ0) is 28.6. The molecule has 0 heterocycles. The van der Waals surface area contributed by atoms with Crippen molar-refractivity contribution in [2.75, 3.05) is 13.2 Å². The molecule has 40 heavy (non-hydrogen) atoms. The molecule has 1 atom stereocenters. The van der Waals surface area contributed by atoms with Gasteiger partial charge in [0.05, 0.1) is 24.3 Å². The second-order valence-corrected chi connectivity index (χ2v) is 9.34. The van der Waals surface area contributed by atoms with Crippen LogP contribution in [0.1, 0.15) is 71.7 Å². The summed E-state index contributed by atoms with van der Waals surface area (Å²) in [6.07, 6.45) is 7.70. The van der Waals surface area contributed by atoms with Gasteiger partial charge in [0.2, 0.25) is 0 Å². The molecule has 1 unspecified atom stereocenters. The van der Waals surface area contributed by atoms with Crippen molar-refractivity contribution >= 4 is 11.9 Å². The summed E-state index contributed by atoms with van der Waals surface area (Å²) in [7, 11) is 0. The van der Waals surface area contributed by atoms with Gasteiger partial charge in [-0.25, -0.2) is 9.59 Å². The molecular formula is C33H38O7. The van der Waals surface area contributed by atoms with Crippen molar-refractivity contribution in [2.24, 2.45) is 0 Å². The Morgan fingerprint density at radius 1 is 0.725 bits per heavy atom. The summed E-state index contributed by atoms with van der Waals surface area (Å²) in [6.45, 7) is 6.54. The molecule has 212 valence electrons. The van der Waals surface area contributed by atoms with Crippen molar-refractivity contribution in [3.05, 3.63) is 102 Å². The lowest BCUT2D eigenvalue weighted by molar-refractivity contribution is -0.0652. The maximum atomic E-state index is 12.5. The maximum absolute atomic E-state index is 12.5. The Labute approximate surface area is 236 Å². The highest BCUT2D eigenvalue weighted by Gasteiger charge is 2.12. The first-order valence-corrected chi connectivity index (χ1v) is 13.8. The molecule has 1 N–H and O–H groups in total. The number of unbranched alkanes of at least 4 members (excludes halogenated alkanes) is 4. The molecule has 0 saturated heterocycles. The van der Waals surface area contributed by atoms with Gasteiger partial charge in [-0.1, -0.05) is 44.9 Å². The summed E-state index contributed by atoms with van der Waals surface area (Å²) in [6, 6.07) is 20.5. The van der Waals surface area contributed by atoms with E-state index in [0.717, 1.165) is 25.7 Å². The summed E-state index contributed by atoms with van der Waals surface area (Å²) in [4.78, 5) is 25.0. The smallest absolute Gasteiger partial charge is 0.343 e. The van der Waals surface area contributed by atoms with E-state index >= 15 is 0 Å². The van der Waals surface area contributed by atoms with Gasteiger partial charge in [0.15, 0.2) is 6.29 Å². The minimum absolute atomic E-state index is 0.335. The number of carbonyl (C=O) groups excluding carboxylic acids is 2. The number of hydrogen-bond donors (Lipinski definition) is 1. The van der Waals surface area contributed by atoms with E-state index in [1.807, 2.05) is 12.1 Å². The van der Waals surface area contributed by atoms with Gasteiger partial charge in [0.1, 0.15) is 17.2 Å². The second-order valence-electron chi connectivity index (χ2n) is 9.34. The monoisotopic (exact) mass is 546 g/mol. The number of benzene rings is 3. The molecule has 7 heteroatoms. The minimum Gasteiger partial charge on any atom is -0.494 e. The van der Waals surface area contributed by atoms with Gasteiger partial charge in [-0.15, -0.1) is 0 Å². The molecular weight excluding hydrogens is 508 g/mol. The molecule has 0 radical (unpaired) electrons. The van der Waals surface area contributed by atoms with Crippen LogP contribution in [0.4, 0.5) is 0 Å². The molecule has 0 amide bonds. The van der Waals surface area contributed by atoms with Crippen LogP contribution in [-0.4, -0.2) is 36.5 Å². The second kappa shape index (κ2) is 16.9. The third-order valence-electron chi connectivity index (χ3n) is 6.14. The highest BCUT2D eigenvalue weighted by molar-refractivity contribution is 5.92. The number of esters is 2. The van der Waals surface area contributed by atoms with E-state index in [2.05, 4.69) is 13.5 Å². The van der Waals surface area contributed by atoms with Crippen molar-refractivity contribution in [3.8, 4) is 17.2 Å². The molecule has 7 nitrogen and oxygen atoms in total. The minimum atomic E-state index is -0.943. The van der Waals surface area contributed by atoms with Crippen LogP contribution in [0.15, 0.2) is 85.5 Å². The van der Waals surface area contributed by atoms with E-state index in [4.69, 9.17) is 18.9 Å². The van der Waals surface area contributed by atoms with Crippen LogP contribution in [0.5, 0.6) is 17.2 Å². The Bertz CT molecular complexity index is 1180. The molecule has 0 aliphatic rings. The van der Waals surface area contributed by atoms with Crippen LogP contribution in [0.2, 0.25) is 0 Å². The third-order valence-corrected chi connectivity index (χ3v) is 6.14. The van der Waals surface area contributed by atoms with Gasteiger partial charge in [0.25, 0.3) is 0 Å². The number of aliphatic hydroxyl groups excluding tert-OH is 1. The first kappa shape index (κ1) is 30.6. The van der Waals surface area contributed by atoms with Gasteiger partial charge in [-0.2, -0.15) is 0 Å². The molecule has 0 aliphatic carbocycles. The molecule has 0 bridgehead atoms. The van der Waals surface area contributed by atoms with Crippen LogP contribution < -0.4 is 14.2 Å².